The lowest BCUT2D eigenvalue weighted by Gasteiger charge is -2.13. The highest BCUT2D eigenvalue weighted by molar-refractivity contribution is 7.12. The van der Waals surface area contributed by atoms with E-state index in [4.69, 9.17) is 0 Å². The molecule has 0 bridgehead atoms. The van der Waals surface area contributed by atoms with Gasteiger partial charge in [-0.25, -0.2) is 4.68 Å². The first-order valence-corrected chi connectivity index (χ1v) is 11.2. The zero-order valence-corrected chi connectivity index (χ0v) is 18.9. The summed E-state index contributed by atoms with van der Waals surface area (Å²) in [4.78, 5) is 25.9. The minimum absolute atomic E-state index is 0.106. The fourth-order valence-electron chi connectivity index (χ4n) is 3.42. The Morgan fingerprint density at radius 2 is 1.53 bits per heavy atom. The minimum Gasteiger partial charge on any atom is -0.322 e. The highest BCUT2D eigenvalue weighted by atomic mass is 32.1. The van der Waals surface area contributed by atoms with E-state index in [-0.39, 0.29) is 17.7 Å². The fourth-order valence-corrected chi connectivity index (χ4v) is 4.03. The summed E-state index contributed by atoms with van der Waals surface area (Å²) >= 11 is 1.39. The van der Waals surface area contributed by atoms with Gasteiger partial charge in [0.1, 0.15) is 0 Å². The number of amides is 2. The largest absolute Gasteiger partial charge is 0.322 e. The van der Waals surface area contributed by atoms with Crippen molar-refractivity contribution < 1.29 is 9.59 Å². The van der Waals surface area contributed by atoms with Gasteiger partial charge in [0, 0.05) is 11.4 Å². The molecule has 32 heavy (non-hydrogen) atoms. The number of nitrogens with one attached hydrogen (secondary N) is 2. The second-order valence-electron chi connectivity index (χ2n) is 7.81. The molecule has 0 unspecified atom stereocenters. The molecule has 2 heterocycles. The Kier molecular flexibility index (Phi) is 6.18. The van der Waals surface area contributed by atoms with Crippen LogP contribution in [-0.2, 0) is 0 Å². The number of carbonyl (C=O) groups is 2. The molecule has 0 radical (unpaired) electrons. The molecule has 4 rings (SSSR count). The molecule has 7 heteroatoms. The third-order valence-electron chi connectivity index (χ3n) is 5.02. The Balaban J connectivity index is 1.50. The number of carbonyl (C=O) groups excluding carboxylic acids is 2. The average molecular weight is 445 g/mol. The summed E-state index contributed by atoms with van der Waals surface area (Å²) < 4.78 is 1.82. The van der Waals surface area contributed by atoms with E-state index < -0.39 is 0 Å². The van der Waals surface area contributed by atoms with Crippen LogP contribution < -0.4 is 10.6 Å². The Bertz CT molecular complexity index is 1220. The Morgan fingerprint density at radius 3 is 2.09 bits per heavy atom. The average Bonchev–Trinajstić information content (AvgIpc) is 3.46. The van der Waals surface area contributed by atoms with Crippen LogP contribution >= 0.6 is 11.3 Å². The van der Waals surface area contributed by atoms with Gasteiger partial charge in [0.25, 0.3) is 11.8 Å². The van der Waals surface area contributed by atoms with Crippen molar-refractivity contribution in [3.05, 3.63) is 93.9 Å². The highest BCUT2D eigenvalue weighted by Gasteiger charge is 2.21. The van der Waals surface area contributed by atoms with Crippen LogP contribution in [0, 0.1) is 6.92 Å². The quantitative estimate of drug-likeness (QED) is 0.390. The van der Waals surface area contributed by atoms with Gasteiger partial charge in [0.05, 0.1) is 28.0 Å². The van der Waals surface area contributed by atoms with Crippen LogP contribution in [0.5, 0.6) is 0 Å². The van der Waals surface area contributed by atoms with Crippen molar-refractivity contribution in [2.75, 3.05) is 10.6 Å². The molecule has 0 aliphatic rings. The molecule has 2 amide bonds. The Labute approximate surface area is 190 Å². The lowest BCUT2D eigenvalue weighted by molar-refractivity contribution is 0.101. The monoisotopic (exact) mass is 444 g/mol. The first kappa shape index (κ1) is 21.5. The van der Waals surface area contributed by atoms with Gasteiger partial charge in [-0.2, -0.15) is 5.10 Å². The number of aryl methyl sites for hydroxylation is 1. The van der Waals surface area contributed by atoms with Crippen LogP contribution in [0.3, 0.4) is 0 Å². The van der Waals surface area contributed by atoms with E-state index in [1.54, 1.807) is 36.5 Å². The molecule has 2 aromatic heterocycles. The normalized spacial score (nSPS) is 10.9. The van der Waals surface area contributed by atoms with Crippen LogP contribution in [0.15, 0.2) is 72.2 Å². The first-order chi connectivity index (χ1) is 15.4. The second kappa shape index (κ2) is 9.20. The summed E-state index contributed by atoms with van der Waals surface area (Å²) in [5.74, 6) is -0.265. The molecule has 0 spiro atoms. The molecule has 0 saturated carbocycles. The van der Waals surface area contributed by atoms with E-state index in [2.05, 4.69) is 15.7 Å². The van der Waals surface area contributed by atoms with E-state index >= 15 is 0 Å². The lowest BCUT2D eigenvalue weighted by Crippen LogP contribution is -2.15. The van der Waals surface area contributed by atoms with Gasteiger partial charge in [-0.3, -0.25) is 9.59 Å². The predicted octanol–water partition coefficient (Wildman–Crippen LogP) is 5.87. The van der Waals surface area contributed by atoms with Crippen LogP contribution in [0.4, 0.5) is 11.4 Å². The Morgan fingerprint density at radius 1 is 0.906 bits per heavy atom. The molecule has 0 atom stereocenters. The van der Waals surface area contributed by atoms with Crippen molar-refractivity contribution in [3.8, 4) is 5.69 Å². The number of aromatic nitrogens is 2. The van der Waals surface area contributed by atoms with Gasteiger partial charge in [0.15, 0.2) is 0 Å². The van der Waals surface area contributed by atoms with Crippen LogP contribution in [-0.4, -0.2) is 21.6 Å². The van der Waals surface area contributed by atoms with Crippen molar-refractivity contribution in [2.24, 2.45) is 0 Å². The lowest BCUT2D eigenvalue weighted by atomic mass is 10.0. The third kappa shape index (κ3) is 4.63. The summed E-state index contributed by atoms with van der Waals surface area (Å²) in [6, 6.07) is 18.7. The third-order valence-corrected chi connectivity index (χ3v) is 5.89. The minimum atomic E-state index is -0.220. The van der Waals surface area contributed by atoms with E-state index in [0.29, 0.717) is 21.8 Å². The molecular weight excluding hydrogens is 420 g/mol. The van der Waals surface area contributed by atoms with Crippen LogP contribution in [0.25, 0.3) is 5.69 Å². The molecular formula is C25H24N4O2S. The van der Waals surface area contributed by atoms with Gasteiger partial charge in [-0.1, -0.05) is 37.6 Å². The van der Waals surface area contributed by atoms with E-state index in [1.165, 1.54) is 16.9 Å². The fraction of sp³-hybridized carbons (Fsp3) is 0.160. The van der Waals surface area contributed by atoms with Crippen molar-refractivity contribution in [1.82, 2.24) is 9.78 Å². The van der Waals surface area contributed by atoms with Gasteiger partial charge >= 0.3 is 0 Å². The zero-order valence-electron chi connectivity index (χ0n) is 18.1. The number of nitrogens with zero attached hydrogens (tertiary/aromatic N) is 2. The molecule has 2 aromatic carbocycles. The molecule has 0 aliphatic heterocycles. The maximum atomic E-state index is 13.0. The highest BCUT2D eigenvalue weighted by Crippen LogP contribution is 2.25. The van der Waals surface area contributed by atoms with Crippen molar-refractivity contribution in [2.45, 2.75) is 26.7 Å². The maximum Gasteiger partial charge on any atom is 0.265 e. The molecule has 0 aliphatic carbocycles. The van der Waals surface area contributed by atoms with Gasteiger partial charge < -0.3 is 10.6 Å². The van der Waals surface area contributed by atoms with Gasteiger partial charge in [-0.15, -0.1) is 11.3 Å². The number of rotatable bonds is 6. The van der Waals surface area contributed by atoms with Crippen molar-refractivity contribution >= 4 is 34.5 Å². The van der Waals surface area contributed by atoms with Crippen molar-refractivity contribution in [1.29, 1.82) is 0 Å². The zero-order chi connectivity index (χ0) is 22.7. The number of anilines is 2. The molecule has 4 aromatic rings. The van der Waals surface area contributed by atoms with Crippen LogP contribution in [0.2, 0.25) is 0 Å². The standard InChI is InChI=1S/C25H24N4O2S/c1-16(2)23-21(15-26-29(23)20-12-6-17(3)7-13-20)24(30)27-18-8-10-19(11-9-18)28-25(31)22-5-4-14-32-22/h4-16H,1-3H3,(H,27,30)(H,28,31). The number of benzene rings is 2. The van der Waals surface area contributed by atoms with E-state index in [9.17, 15) is 9.59 Å². The number of hydrogen-bond donors (Lipinski definition) is 2. The molecule has 6 nitrogen and oxygen atoms in total. The van der Waals surface area contributed by atoms with Gasteiger partial charge in [-0.05, 0) is 60.7 Å². The number of thiophene rings is 1. The molecule has 0 fully saturated rings. The predicted molar refractivity (Wildman–Crippen MR) is 129 cm³/mol. The molecule has 2 N–H and O–H groups in total. The summed E-state index contributed by atoms with van der Waals surface area (Å²) in [6.45, 7) is 6.13. The topological polar surface area (TPSA) is 76.0 Å². The van der Waals surface area contributed by atoms with Gasteiger partial charge in [0.2, 0.25) is 0 Å². The van der Waals surface area contributed by atoms with Crippen molar-refractivity contribution in [3.63, 3.8) is 0 Å². The molecule has 162 valence electrons. The first-order valence-electron chi connectivity index (χ1n) is 10.3. The summed E-state index contributed by atoms with van der Waals surface area (Å²) in [5.41, 5.74) is 4.78. The summed E-state index contributed by atoms with van der Waals surface area (Å²) in [6.07, 6.45) is 1.61. The SMILES string of the molecule is Cc1ccc(-n2ncc(C(=O)Nc3ccc(NC(=O)c4cccs4)cc3)c2C(C)C)cc1. The molecule has 0 saturated heterocycles. The van der Waals surface area contributed by atoms with Crippen LogP contribution in [0.1, 0.15) is 51.1 Å². The second-order valence-corrected chi connectivity index (χ2v) is 8.76. The number of hydrogen-bond acceptors (Lipinski definition) is 4. The van der Waals surface area contributed by atoms with E-state index in [0.717, 1.165) is 11.4 Å². The Hall–Kier alpha value is -3.71. The maximum absolute atomic E-state index is 13.0. The van der Waals surface area contributed by atoms with E-state index in [1.807, 2.05) is 61.2 Å². The summed E-state index contributed by atoms with van der Waals surface area (Å²) in [5, 5.41) is 12.1. The summed E-state index contributed by atoms with van der Waals surface area (Å²) in [7, 11) is 0. The smallest absolute Gasteiger partial charge is 0.265 e.